The molecule has 0 spiro atoms. The highest BCUT2D eigenvalue weighted by Gasteiger charge is 2.15. The Morgan fingerprint density at radius 3 is 2.77 bits per heavy atom. The van der Waals surface area contributed by atoms with E-state index < -0.39 is 0 Å². The molecule has 0 aliphatic carbocycles. The van der Waals surface area contributed by atoms with Crippen molar-refractivity contribution in [2.75, 3.05) is 5.32 Å². The number of imidazole rings is 1. The van der Waals surface area contributed by atoms with Gasteiger partial charge in [-0.25, -0.2) is 9.13 Å². The van der Waals surface area contributed by atoms with Crippen LogP contribution in [-0.4, -0.2) is 10.5 Å². The summed E-state index contributed by atoms with van der Waals surface area (Å²) >= 11 is 5.91. The van der Waals surface area contributed by atoms with Crippen molar-refractivity contribution in [1.29, 1.82) is 0 Å². The zero-order chi connectivity index (χ0) is 14.8. The van der Waals surface area contributed by atoms with E-state index in [1.165, 1.54) is 0 Å². The van der Waals surface area contributed by atoms with Gasteiger partial charge >= 0.3 is 0 Å². The maximum absolute atomic E-state index is 12.2. The molecule has 1 amide bonds. The number of aryl methyl sites for hydroxylation is 1. The molecule has 2 aromatic carbocycles. The number of aromatic nitrogens is 2. The summed E-state index contributed by atoms with van der Waals surface area (Å²) in [4.78, 5) is 12.2. The molecule has 1 heterocycles. The van der Waals surface area contributed by atoms with Crippen molar-refractivity contribution >= 4 is 58.2 Å². The molecule has 1 N–H and O–H groups in total. The maximum Gasteiger partial charge on any atom is 0.266 e. The van der Waals surface area contributed by atoms with Crippen molar-refractivity contribution < 1.29 is 9.36 Å². The third-order valence-electron chi connectivity index (χ3n) is 3.31. The first-order chi connectivity index (χ1) is 10.1. The van der Waals surface area contributed by atoms with Crippen molar-refractivity contribution in [3.8, 4) is 0 Å². The van der Waals surface area contributed by atoms with Gasteiger partial charge in [0.2, 0.25) is 6.33 Å². The lowest BCUT2D eigenvalue weighted by Gasteiger charge is -2.04. The average Bonchev–Trinajstić information content (AvgIpc) is 2.76. The second kappa shape index (κ2) is 7.11. The Hall–Kier alpha value is -1.60. The molecule has 0 radical (unpaired) electrons. The summed E-state index contributed by atoms with van der Waals surface area (Å²) in [6.07, 6.45) is 1.92. The van der Waals surface area contributed by atoms with E-state index in [9.17, 15) is 4.79 Å². The topological polar surface area (TPSA) is 37.9 Å². The largest absolute Gasteiger partial charge is 0.323 e. The molecule has 0 saturated carbocycles. The van der Waals surface area contributed by atoms with E-state index in [-0.39, 0.29) is 36.4 Å². The molecular formula is C16H16ClIN3O+. The second-order valence-corrected chi connectivity index (χ2v) is 5.34. The zero-order valence-electron chi connectivity index (χ0n) is 12.0. The minimum Gasteiger partial charge on any atom is -0.323 e. The highest BCUT2D eigenvalue weighted by molar-refractivity contribution is 14.0. The Balaban J connectivity index is 0.00000176. The number of carbonyl (C=O) groups is 1. The van der Waals surface area contributed by atoms with Crippen LogP contribution >= 0.6 is 35.6 Å². The summed E-state index contributed by atoms with van der Waals surface area (Å²) in [5.74, 6) is -0.0846. The molecule has 1 aromatic heterocycles. The van der Waals surface area contributed by atoms with Gasteiger partial charge in [0.1, 0.15) is 0 Å². The fourth-order valence-electron chi connectivity index (χ4n) is 2.39. The van der Waals surface area contributed by atoms with Gasteiger partial charge in [0.25, 0.3) is 5.91 Å². The molecule has 3 rings (SSSR count). The third-order valence-corrected chi connectivity index (χ3v) is 3.54. The lowest BCUT2D eigenvalue weighted by molar-refractivity contribution is -0.645. The van der Waals surface area contributed by atoms with Gasteiger partial charge in [-0.3, -0.25) is 4.79 Å². The zero-order valence-corrected chi connectivity index (χ0v) is 15.1. The van der Waals surface area contributed by atoms with Crippen LogP contribution in [0.1, 0.15) is 0 Å². The van der Waals surface area contributed by atoms with Crippen LogP contribution in [0.25, 0.3) is 11.0 Å². The van der Waals surface area contributed by atoms with Crippen LogP contribution in [0.3, 0.4) is 0 Å². The normalized spacial score (nSPS) is 10.3. The number of nitrogens with one attached hydrogen (secondary N) is 1. The maximum atomic E-state index is 12.2. The Bertz CT molecular complexity index is 816. The SMILES string of the molecule is C[n+]1cn(CC(=O)Nc2cccc(Cl)c2)c2ccccc21.I. The fourth-order valence-corrected chi connectivity index (χ4v) is 2.58. The number of benzene rings is 2. The number of hydrogen-bond acceptors (Lipinski definition) is 1. The smallest absolute Gasteiger partial charge is 0.266 e. The first-order valence-electron chi connectivity index (χ1n) is 6.62. The summed E-state index contributed by atoms with van der Waals surface area (Å²) in [5.41, 5.74) is 2.82. The van der Waals surface area contributed by atoms with Gasteiger partial charge in [-0.05, 0) is 30.3 Å². The van der Waals surface area contributed by atoms with Crippen molar-refractivity contribution in [3.05, 3.63) is 59.9 Å². The first-order valence-corrected chi connectivity index (χ1v) is 7.00. The van der Waals surface area contributed by atoms with Gasteiger partial charge in [-0.1, -0.05) is 29.8 Å². The predicted molar refractivity (Wildman–Crippen MR) is 98.6 cm³/mol. The Morgan fingerprint density at radius 1 is 1.23 bits per heavy atom. The molecular weight excluding hydrogens is 413 g/mol. The van der Waals surface area contributed by atoms with E-state index in [0.29, 0.717) is 10.7 Å². The summed E-state index contributed by atoms with van der Waals surface area (Å²) < 4.78 is 3.93. The molecule has 4 nitrogen and oxygen atoms in total. The number of para-hydroxylation sites is 2. The van der Waals surface area contributed by atoms with Crippen molar-refractivity contribution in [2.24, 2.45) is 7.05 Å². The summed E-state index contributed by atoms with van der Waals surface area (Å²) in [6.45, 7) is 0.258. The van der Waals surface area contributed by atoms with Crippen LogP contribution in [0.4, 0.5) is 5.69 Å². The minimum atomic E-state index is -0.0846. The second-order valence-electron chi connectivity index (χ2n) is 4.90. The summed E-state index contributed by atoms with van der Waals surface area (Å²) in [6, 6.07) is 15.1. The Labute approximate surface area is 150 Å². The number of amides is 1. The summed E-state index contributed by atoms with van der Waals surface area (Å²) in [7, 11) is 1.97. The van der Waals surface area contributed by atoms with Crippen molar-refractivity contribution in [1.82, 2.24) is 4.57 Å². The average molecular weight is 429 g/mol. The standard InChI is InChI=1S/C16H14ClN3O.HI/c1-19-11-20(15-8-3-2-7-14(15)19)10-16(21)18-13-6-4-5-12(17)9-13;/h2-9,11H,10H2,1H3;1H/p+1. The molecule has 0 fully saturated rings. The van der Waals surface area contributed by atoms with Gasteiger partial charge in [-0.15, -0.1) is 24.0 Å². The number of halogens is 2. The highest BCUT2D eigenvalue weighted by Crippen LogP contribution is 2.15. The van der Waals surface area contributed by atoms with Gasteiger partial charge in [0.15, 0.2) is 17.6 Å². The molecule has 114 valence electrons. The number of rotatable bonds is 3. The minimum absolute atomic E-state index is 0. The van der Waals surface area contributed by atoms with Gasteiger partial charge in [0.05, 0.1) is 7.05 Å². The van der Waals surface area contributed by atoms with Crippen LogP contribution in [0, 0.1) is 0 Å². The van der Waals surface area contributed by atoms with Crippen LogP contribution in [0.15, 0.2) is 54.9 Å². The van der Waals surface area contributed by atoms with Crippen molar-refractivity contribution in [2.45, 2.75) is 6.54 Å². The van der Waals surface area contributed by atoms with E-state index in [1.54, 1.807) is 12.1 Å². The van der Waals surface area contributed by atoms with Crippen molar-refractivity contribution in [3.63, 3.8) is 0 Å². The van der Waals surface area contributed by atoms with E-state index in [2.05, 4.69) is 5.32 Å². The van der Waals surface area contributed by atoms with Gasteiger partial charge < -0.3 is 5.32 Å². The molecule has 0 unspecified atom stereocenters. The van der Waals surface area contributed by atoms with Crippen LogP contribution in [0.2, 0.25) is 5.02 Å². The number of fused-ring (bicyclic) bond motifs is 1. The number of anilines is 1. The Kier molecular flexibility index (Phi) is 5.42. The molecule has 0 saturated heterocycles. The third kappa shape index (κ3) is 3.59. The lowest BCUT2D eigenvalue weighted by atomic mass is 10.3. The molecule has 22 heavy (non-hydrogen) atoms. The molecule has 0 bridgehead atoms. The summed E-state index contributed by atoms with van der Waals surface area (Å²) in [5, 5.41) is 3.45. The number of hydrogen-bond donors (Lipinski definition) is 1. The molecule has 0 aliphatic heterocycles. The Morgan fingerprint density at radius 2 is 2.00 bits per heavy atom. The van der Waals surface area contributed by atoms with Gasteiger partial charge in [-0.2, -0.15) is 0 Å². The van der Waals surface area contributed by atoms with Crippen LogP contribution in [0.5, 0.6) is 0 Å². The molecule has 0 atom stereocenters. The van der Waals surface area contributed by atoms with E-state index >= 15 is 0 Å². The molecule has 0 aliphatic rings. The molecule has 3 aromatic rings. The molecule has 6 heteroatoms. The monoisotopic (exact) mass is 428 g/mol. The fraction of sp³-hybridized carbons (Fsp3) is 0.125. The van der Waals surface area contributed by atoms with E-state index in [4.69, 9.17) is 11.6 Å². The van der Waals surface area contributed by atoms with E-state index in [1.807, 2.05) is 58.9 Å². The number of nitrogens with zero attached hydrogens (tertiary/aromatic N) is 2. The van der Waals surface area contributed by atoms with Gasteiger partial charge in [0, 0.05) is 10.7 Å². The van der Waals surface area contributed by atoms with Crippen LogP contribution in [-0.2, 0) is 18.4 Å². The highest BCUT2D eigenvalue weighted by atomic mass is 127. The van der Waals surface area contributed by atoms with Crippen LogP contribution < -0.4 is 9.88 Å². The van der Waals surface area contributed by atoms with E-state index in [0.717, 1.165) is 11.0 Å². The lowest BCUT2D eigenvalue weighted by Crippen LogP contribution is -2.26. The number of carbonyl (C=O) groups excluding carboxylic acids is 1. The first kappa shape index (κ1) is 16.8. The predicted octanol–water partition coefficient (Wildman–Crippen LogP) is 3.38. The quantitative estimate of drug-likeness (QED) is 0.504.